The number of carbonyl (C=O) groups excluding carboxylic acids is 3. The second-order valence-corrected chi connectivity index (χ2v) is 7.08. The van der Waals surface area contributed by atoms with Gasteiger partial charge >= 0.3 is 0 Å². The third-order valence-corrected chi connectivity index (χ3v) is 5.06. The van der Waals surface area contributed by atoms with Crippen LogP contribution in [0.25, 0.3) is 0 Å². The third-order valence-electron chi connectivity index (χ3n) is 5.06. The second kappa shape index (κ2) is 8.74. The minimum absolute atomic E-state index is 0.0949. The number of benzene rings is 2. The molecule has 8 heteroatoms. The van der Waals surface area contributed by atoms with Crippen LogP contribution in [-0.2, 0) is 0 Å². The van der Waals surface area contributed by atoms with Gasteiger partial charge < -0.3 is 24.7 Å². The summed E-state index contributed by atoms with van der Waals surface area (Å²) < 4.78 is 10.9. The molecule has 0 unspecified atom stereocenters. The maximum atomic E-state index is 12.8. The Labute approximate surface area is 178 Å². The van der Waals surface area contributed by atoms with Crippen molar-refractivity contribution in [2.24, 2.45) is 5.73 Å². The maximum absolute atomic E-state index is 12.8. The summed E-state index contributed by atoms with van der Waals surface area (Å²) in [5.74, 6) is 0.670. The van der Waals surface area contributed by atoms with E-state index >= 15 is 0 Å². The summed E-state index contributed by atoms with van der Waals surface area (Å²) in [4.78, 5) is 39.7. The first-order chi connectivity index (χ1) is 15.0. The number of amides is 3. The van der Waals surface area contributed by atoms with Crippen LogP contribution in [0.1, 0.15) is 31.3 Å². The Morgan fingerprint density at radius 1 is 0.742 bits per heavy atom. The van der Waals surface area contributed by atoms with Crippen molar-refractivity contribution in [1.82, 2.24) is 9.80 Å². The zero-order chi connectivity index (χ0) is 21.8. The molecular formula is C23H21N3O5. The van der Waals surface area contributed by atoms with Crippen LogP contribution in [0.2, 0.25) is 0 Å². The summed E-state index contributed by atoms with van der Waals surface area (Å²) in [5.41, 5.74) is 6.17. The second-order valence-electron chi connectivity index (χ2n) is 7.08. The Hall–Kier alpha value is -4.07. The van der Waals surface area contributed by atoms with Gasteiger partial charge in [0.1, 0.15) is 11.5 Å². The van der Waals surface area contributed by atoms with Gasteiger partial charge in [-0.3, -0.25) is 14.4 Å². The molecule has 1 aromatic heterocycles. The van der Waals surface area contributed by atoms with Crippen LogP contribution >= 0.6 is 0 Å². The van der Waals surface area contributed by atoms with Crippen LogP contribution in [-0.4, -0.2) is 53.7 Å². The van der Waals surface area contributed by atoms with Gasteiger partial charge in [-0.05, 0) is 60.7 Å². The first-order valence-corrected chi connectivity index (χ1v) is 9.81. The molecule has 0 radical (unpaired) electrons. The molecule has 1 fully saturated rings. The van der Waals surface area contributed by atoms with Gasteiger partial charge in [0.2, 0.25) is 5.91 Å². The molecule has 0 saturated carbocycles. The first-order valence-electron chi connectivity index (χ1n) is 9.81. The fourth-order valence-corrected chi connectivity index (χ4v) is 3.34. The molecule has 2 aromatic carbocycles. The number of ether oxygens (including phenoxy) is 1. The number of piperazine rings is 1. The van der Waals surface area contributed by atoms with Gasteiger partial charge in [-0.2, -0.15) is 0 Å². The predicted octanol–water partition coefficient (Wildman–Crippen LogP) is 2.77. The monoisotopic (exact) mass is 419 g/mol. The van der Waals surface area contributed by atoms with Crippen molar-refractivity contribution in [1.29, 1.82) is 0 Å². The highest BCUT2D eigenvalue weighted by atomic mass is 16.5. The van der Waals surface area contributed by atoms with Crippen molar-refractivity contribution < 1.29 is 23.5 Å². The normalized spacial score (nSPS) is 13.7. The fourth-order valence-electron chi connectivity index (χ4n) is 3.34. The molecule has 3 amide bonds. The van der Waals surface area contributed by atoms with Crippen molar-refractivity contribution in [3.63, 3.8) is 0 Å². The van der Waals surface area contributed by atoms with E-state index in [-0.39, 0.29) is 11.8 Å². The number of hydrogen-bond acceptors (Lipinski definition) is 5. The highest BCUT2D eigenvalue weighted by Crippen LogP contribution is 2.23. The van der Waals surface area contributed by atoms with E-state index < -0.39 is 5.91 Å². The summed E-state index contributed by atoms with van der Waals surface area (Å²) in [7, 11) is 0. The summed E-state index contributed by atoms with van der Waals surface area (Å²) in [6, 6.07) is 16.6. The van der Waals surface area contributed by atoms with Gasteiger partial charge in [0.05, 0.1) is 6.26 Å². The molecule has 0 spiro atoms. The number of primary amides is 1. The fraction of sp³-hybridized carbons (Fsp3) is 0.174. The van der Waals surface area contributed by atoms with E-state index in [4.69, 9.17) is 14.9 Å². The zero-order valence-electron chi connectivity index (χ0n) is 16.7. The predicted molar refractivity (Wildman–Crippen MR) is 112 cm³/mol. The molecule has 4 rings (SSSR count). The molecule has 2 N–H and O–H groups in total. The topological polar surface area (TPSA) is 106 Å². The summed E-state index contributed by atoms with van der Waals surface area (Å²) in [6.45, 7) is 1.81. The number of nitrogens with two attached hydrogens (primary N) is 1. The number of rotatable bonds is 5. The number of hydrogen-bond donors (Lipinski definition) is 1. The van der Waals surface area contributed by atoms with Gasteiger partial charge in [0, 0.05) is 37.3 Å². The quantitative estimate of drug-likeness (QED) is 0.684. The molecular weight excluding hydrogens is 398 g/mol. The van der Waals surface area contributed by atoms with Gasteiger partial charge in [0.25, 0.3) is 11.8 Å². The lowest BCUT2D eigenvalue weighted by Gasteiger charge is -2.34. The van der Waals surface area contributed by atoms with Crippen molar-refractivity contribution >= 4 is 17.7 Å². The molecule has 1 aliphatic heterocycles. The third kappa shape index (κ3) is 4.58. The molecule has 1 aliphatic rings. The Balaban J connectivity index is 1.33. The van der Waals surface area contributed by atoms with Gasteiger partial charge in [-0.1, -0.05) is 0 Å². The number of furan rings is 1. The van der Waals surface area contributed by atoms with Crippen molar-refractivity contribution in [3.8, 4) is 11.5 Å². The standard InChI is InChI=1S/C23H21N3O5/c24-21(27)16-3-7-18(8-4-16)31-19-9-5-17(6-10-19)22(28)25-11-13-26(14-12-25)23(29)20-2-1-15-30-20/h1-10,15H,11-14H2,(H2,24,27). The molecule has 3 aromatic rings. The van der Waals surface area contributed by atoms with Crippen LogP contribution in [0.3, 0.4) is 0 Å². The van der Waals surface area contributed by atoms with E-state index in [1.165, 1.54) is 6.26 Å². The molecule has 1 saturated heterocycles. The number of carbonyl (C=O) groups is 3. The molecule has 0 aliphatic carbocycles. The largest absolute Gasteiger partial charge is 0.459 e. The van der Waals surface area contributed by atoms with Crippen molar-refractivity contribution in [2.75, 3.05) is 26.2 Å². The minimum atomic E-state index is -0.499. The SMILES string of the molecule is NC(=O)c1ccc(Oc2ccc(C(=O)N3CCN(C(=O)c4ccco4)CC3)cc2)cc1. The van der Waals surface area contributed by atoms with E-state index in [9.17, 15) is 14.4 Å². The van der Waals surface area contributed by atoms with E-state index in [0.717, 1.165) is 0 Å². The smallest absolute Gasteiger partial charge is 0.289 e. The van der Waals surface area contributed by atoms with Crippen LogP contribution < -0.4 is 10.5 Å². The van der Waals surface area contributed by atoms with Crippen LogP contribution in [0.5, 0.6) is 11.5 Å². The van der Waals surface area contributed by atoms with Crippen molar-refractivity contribution in [2.45, 2.75) is 0 Å². The van der Waals surface area contributed by atoms with Gasteiger partial charge in [0.15, 0.2) is 5.76 Å². The summed E-state index contributed by atoms with van der Waals surface area (Å²) in [6.07, 6.45) is 1.47. The summed E-state index contributed by atoms with van der Waals surface area (Å²) >= 11 is 0. The zero-order valence-corrected chi connectivity index (χ0v) is 16.7. The molecule has 158 valence electrons. The number of nitrogens with zero attached hydrogens (tertiary/aromatic N) is 2. The molecule has 0 atom stereocenters. The lowest BCUT2D eigenvalue weighted by molar-refractivity contribution is 0.0518. The average molecular weight is 419 g/mol. The van der Waals surface area contributed by atoms with Gasteiger partial charge in [-0.25, -0.2) is 0 Å². The Bertz CT molecular complexity index is 1070. The van der Waals surface area contributed by atoms with E-state index in [0.29, 0.717) is 54.6 Å². The van der Waals surface area contributed by atoms with Gasteiger partial charge in [-0.15, -0.1) is 0 Å². The van der Waals surface area contributed by atoms with Crippen molar-refractivity contribution in [3.05, 3.63) is 83.8 Å². The van der Waals surface area contributed by atoms with Crippen LogP contribution in [0.4, 0.5) is 0 Å². The maximum Gasteiger partial charge on any atom is 0.289 e. The highest BCUT2D eigenvalue weighted by molar-refractivity contribution is 5.95. The first kappa shape index (κ1) is 20.2. The Morgan fingerprint density at radius 3 is 1.74 bits per heavy atom. The molecule has 8 nitrogen and oxygen atoms in total. The lowest BCUT2D eigenvalue weighted by Crippen LogP contribution is -2.50. The Morgan fingerprint density at radius 2 is 1.26 bits per heavy atom. The molecule has 31 heavy (non-hydrogen) atoms. The lowest BCUT2D eigenvalue weighted by atomic mass is 10.1. The Kier molecular flexibility index (Phi) is 5.70. The molecule has 0 bridgehead atoms. The highest BCUT2D eigenvalue weighted by Gasteiger charge is 2.26. The summed E-state index contributed by atoms with van der Waals surface area (Å²) in [5, 5.41) is 0. The van der Waals surface area contributed by atoms with Crippen LogP contribution in [0, 0.1) is 0 Å². The van der Waals surface area contributed by atoms with E-state index in [1.54, 1.807) is 70.5 Å². The molecule has 2 heterocycles. The minimum Gasteiger partial charge on any atom is -0.459 e. The van der Waals surface area contributed by atoms with Crippen LogP contribution in [0.15, 0.2) is 71.3 Å². The average Bonchev–Trinajstić information content (AvgIpc) is 3.34. The van der Waals surface area contributed by atoms with E-state index in [1.807, 2.05) is 0 Å². The van der Waals surface area contributed by atoms with E-state index in [2.05, 4.69) is 0 Å².